The molecule has 0 radical (unpaired) electrons. The van der Waals surface area contributed by atoms with E-state index in [1.54, 1.807) is 0 Å². The van der Waals surface area contributed by atoms with Gasteiger partial charge in [0.1, 0.15) is 5.60 Å². The lowest BCUT2D eigenvalue weighted by molar-refractivity contribution is -0.166. The van der Waals surface area contributed by atoms with Crippen LogP contribution in [0.5, 0.6) is 0 Å². The molecule has 0 aromatic carbocycles. The maximum Gasteiger partial charge on any atom is 0.309 e. The minimum absolute atomic E-state index is 0.0343. The fourth-order valence-electron chi connectivity index (χ4n) is 1.57. The SMILES string of the molecule is CCC(C)C(=O)OC(C)(C)C1COC(=O)C1. The third-order valence-corrected chi connectivity index (χ3v) is 3.22. The summed E-state index contributed by atoms with van der Waals surface area (Å²) >= 11 is 0. The molecule has 1 heterocycles. The Morgan fingerprint density at radius 3 is 2.69 bits per heavy atom. The van der Waals surface area contributed by atoms with Gasteiger partial charge in [-0.3, -0.25) is 9.59 Å². The van der Waals surface area contributed by atoms with Gasteiger partial charge in [-0.2, -0.15) is 0 Å². The second-order valence-corrected chi connectivity index (χ2v) is 4.92. The zero-order valence-electron chi connectivity index (χ0n) is 10.4. The molecule has 0 aliphatic carbocycles. The lowest BCUT2D eigenvalue weighted by Crippen LogP contribution is -2.38. The zero-order valence-corrected chi connectivity index (χ0v) is 10.4. The first-order chi connectivity index (χ1) is 7.36. The molecule has 0 N–H and O–H groups in total. The Kier molecular flexibility index (Phi) is 3.94. The first-order valence-electron chi connectivity index (χ1n) is 5.75. The van der Waals surface area contributed by atoms with Crippen molar-refractivity contribution in [1.29, 1.82) is 0 Å². The average Bonchev–Trinajstić information content (AvgIpc) is 2.63. The standard InChI is InChI=1S/C12H20O4/c1-5-8(2)11(14)16-12(3,4)9-6-10(13)15-7-9/h8-9H,5-7H2,1-4H3. The summed E-state index contributed by atoms with van der Waals surface area (Å²) in [6.45, 7) is 7.80. The summed E-state index contributed by atoms with van der Waals surface area (Å²) in [5.41, 5.74) is -0.632. The van der Waals surface area contributed by atoms with Gasteiger partial charge in [-0.05, 0) is 20.3 Å². The van der Waals surface area contributed by atoms with Crippen LogP contribution in [0, 0.1) is 11.8 Å². The molecule has 0 spiro atoms. The molecule has 0 aromatic heterocycles. The van der Waals surface area contributed by atoms with E-state index in [-0.39, 0.29) is 23.8 Å². The van der Waals surface area contributed by atoms with Crippen LogP contribution >= 0.6 is 0 Å². The third kappa shape index (κ3) is 2.97. The molecule has 1 aliphatic heterocycles. The number of carbonyl (C=O) groups excluding carboxylic acids is 2. The Balaban J connectivity index is 2.57. The first-order valence-corrected chi connectivity index (χ1v) is 5.75. The summed E-state index contributed by atoms with van der Waals surface area (Å²) in [5, 5.41) is 0. The largest absolute Gasteiger partial charge is 0.465 e. The molecule has 4 heteroatoms. The summed E-state index contributed by atoms with van der Waals surface area (Å²) in [7, 11) is 0. The lowest BCUT2D eigenvalue weighted by atomic mass is 9.90. The molecule has 1 rings (SSSR count). The predicted octanol–water partition coefficient (Wildman–Crippen LogP) is 1.92. The lowest BCUT2D eigenvalue weighted by Gasteiger charge is -2.30. The topological polar surface area (TPSA) is 52.6 Å². The number of rotatable bonds is 4. The molecule has 2 unspecified atom stereocenters. The highest BCUT2D eigenvalue weighted by Gasteiger charge is 2.40. The van der Waals surface area contributed by atoms with Crippen LogP contribution < -0.4 is 0 Å². The molecule has 16 heavy (non-hydrogen) atoms. The second-order valence-electron chi connectivity index (χ2n) is 4.92. The first kappa shape index (κ1) is 13.0. The van der Waals surface area contributed by atoms with Crippen LogP contribution in [0.1, 0.15) is 40.5 Å². The summed E-state index contributed by atoms with van der Waals surface area (Å²) in [6, 6.07) is 0. The van der Waals surface area contributed by atoms with Crippen LogP contribution in [-0.4, -0.2) is 24.1 Å². The Morgan fingerprint density at radius 1 is 1.62 bits per heavy atom. The van der Waals surface area contributed by atoms with Crippen molar-refractivity contribution < 1.29 is 19.1 Å². The Bertz CT molecular complexity index is 283. The minimum Gasteiger partial charge on any atom is -0.465 e. The minimum atomic E-state index is -0.632. The van der Waals surface area contributed by atoms with E-state index >= 15 is 0 Å². The summed E-state index contributed by atoms with van der Waals surface area (Å²) in [4.78, 5) is 22.7. The Labute approximate surface area is 96.3 Å². The van der Waals surface area contributed by atoms with Crippen LogP contribution in [0.15, 0.2) is 0 Å². The van der Waals surface area contributed by atoms with Crippen molar-refractivity contribution >= 4 is 11.9 Å². The molecule has 0 saturated carbocycles. The van der Waals surface area contributed by atoms with E-state index in [1.165, 1.54) is 0 Å². The van der Waals surface area contributed by atoms with Crippen LogP contribution in [0.25, 0.3) is 0 Å². The quantitative estimate of drug-likeness (QED) is 0.690. The normalized spacial score (nSPS) is 22.8. The van der Waals surface area contributed by atoms with Gasteiger partial charge >= 0.3 is 11.9 Å². The van der Waals surface area contributed by atoms with E-state index in [0.29, 0.717) is 13.0 Å². The van der Waals surface area contributed by atoms with Crippen molar-refractivity contribution in [1.82, 2.24) is 0 Å². The van der Waals surface area contributed by atoms with Gasteiger partial charge in [0.05, 0.1) is 18.9 Å². The predicted molar refractivity (Wildman–Crippen MR) is 58.7 cm³/mol. The van der Waals surface area contributed by atoms with Crippen molar-refractivity contribution in [2.75, 3.05) is 6.61 Å². The Morgan fingerprint density at radius 2 is 2.25 bits per heavy atom. The van der Waals surface area contributed by atoms with Crippen molar-refractivity contribution in [3.05, 3.63) is 0 Å². The van der Waals surface area contributed by atoms with Gasteiger partial charge in [0, 0.05) is 5.92 Å². The second kappa shape index (κ2) is 4.85. The summed E-state index contributed by atoms with van der Waals surface area (Å²) < 4.78 is 10.3. The third-order valence-electron chi connectivity index (χ3n) is 3.22. The highest BCUT2D eigenvalue weighted by atomic mass is 16.6. The Hall–Kier alpha value is -1.06. The molecule has 92 valence electrons. The molecule has 1 fully saturated rings. The molecular formula is C12H20O4. The molecule has 0 amide bonds. The van der Waals surface area contributed by atoms with Gasteiger partial charge < -0.3 is 9.47 Å². The fourth-order valence-corrected chi connectivity index (χ4v) is 1.57. The number of ether oxygens (including phenoxy) is 2. The van der Waals surface area contributed by atoms with E-state index in [4.69, 9.17) is 9.47 Å². The average molecular weight is 228 g/mol. The zero-order chi connectivity index (χ0) is 12.3. The maximum absolute atomic E-state index is 11.7. The van der Waals surface area contributed by atoms with Gasteiger partial charge in [0.15, 0.2) is 0 Å². The van der Waals surface area contributed by atoms with E-state index in [2.05, 4.69) is 0 Å². The van der Waals surface area contributed by atoms with Crippen LogP contribution in [0.4, 0.5) is 0 Å². The summed E-state index contributed by atoms with van der Waals surface area (Å²) in [6.07, 6.45) is 1.09. The highest BCUT2D eigenvalue weighted by Crippen LogP contribution is 2.30. The molecular weight excluding hydrogens is 208 g/mol. The number of carbonyl (C=O) groups is 2. The van der Waals surface area contributed by atoms with E-state index in [0.717, 1.165) is 6.42 Å². The number of hydrogen-bond acceptors (Lipinski definition) is 4. The van der Waals surface area contributed by atoms with Gasteiger partial charge in [0.2, 0.25) is 0 Å². The number of cyclic esters (lactones) is 1. The summed E-state index contributed by atoms with van der Waals surface area (Å²) in [5.74, 6) is -0.546. The molecule has 1 saturated heterocycles. The van der Waals surface area contributed by atoms with Crippen LogP contribution in [0.2, 0.25) is 0 Å². The van der Waals surface area contributed by atoms with Crippen LogP contribution in [0.3, 0.4) is 0 Å². The van der Waals surface area contributed by atoms with Gasteiger partial charge in [-0.25, -0.2) is 0 Å². The van der Waals surface area contributed by atoms with Gasteiger partial charge in [-0.15, -0.1) is 0 Å². The molecule has 2 atom stereocenters. The maximum atomic E-state index is 11.7. The smallest absolute Gasteiger partial charge is 0.309 e. The van der Waals surface area contributed by atoms with Crippen molar-refractivity contribution in [3.63, 3.8) is 0 Å². The number of hydrogen-bond donors (Lipinski definition) is 0. The van der Waals surface area contributed by atoms with Crippen LogP contribution in [-0.2, 0) is 19.1 Å². The number of esters is 2. The van der Waals surface area contributed by atoms with Crippen molar-refractivity contribution in [2.45, 2.75) is 46.1 Å². The monoisotopic (exact) mass is 228 g/mol. The molecule has 4 nitrogen and oxygen atoms in total. The van der Waals surface area contributed by atoms with Crippen molar-refractivity contribution in [2.24, 2.45) is 11.8 Å². The fraction of sp³-hybridized carbons (Fsp3) is 0.833. The molecule has 0 aromatic rings. The van der Waals surface area contributed by atoms with E-state index in [1.807, 2.05) is 27.7 Å². The van der Waals surface area contributed by atoms with Crippen molar-refractivity contribution in [3.8, 4) is 0 Å². The molecule has 0 bridgehead atoms. The molecule has 1 aliphatic rings. The highest BCUT2D eigenvalue weighted by molar-refractivity contribution is 5.73. The van der Waals surface area contributed by atoms with Gasteiger partial charge in [-0.1, -0.05) is 13.8 Å². The van der Waals surface area contributed by atoms with E-state index in [9.17, 15) is 9.59 Å². The van der Waals surface area contributed by atoms with E-state index < -0.39 is 5.60 Å². The van der Waals surface area contributed by atoms with Gasteiger partial charge in [0.25, 0.3) is 0 Å².